The number of pyridine rings is 1. The molecule has 6 heteroatoms. The number of methoxy groups -OCH3 is 1. The lowest BCUT2D eigenvalue weighted by Crippen LogP contribution is -2.13. The molecule has 3 rings (SSSR count). The second-order valence-corrected chi connectivity index (χ2v) is 5.61. The average Bonchev–Trinajstić information content (AvgIpc) is 2.63. The highest BCUT2D eigenvalue weighted by molar-refractivity contribution is 5.93. The number of hydrogen-bond acceptors (Lipinski definition) is 4. The molecule has 0 radical (unpaired) electrons. The number of rotatable bonds is 5. The van der Waals surface area contributed by atoms with Crippen molar-refractivity contribution in [2.75, 3.05) is 7.11 Å². The van der Waals surface area contributed by atoms with E-state index in [4.69, 9.17) is 14.6 Å². The van der Waals surface area contributed by atoms with E-state index in [0.717, 1.165) is 11.3 Å². The van der Waals surface area contributed by atoms with Crippen molar-refractivity contribution in [1.29, 1.82) is 0 Å². The van der Waals surface area contributed by atoms with Crippen molar-refractivity contribution in [2.45, 2.75) is 6.61 Å². The van der Waals surface area contributed by atoms with Gasteiger partial charge in [-0.05, 0) is 35.9 Å². The maximum atomic E-state index is 12.6. The second-order valence-electron chi connectivity index (χ2n) is 5.61. The quantitative estimate of drug-likeness (QED) is 0.773. The van der Waals surface area contributed by atoms with Crippen LogP contribution in [0.25, 0.3) is 10.9 Å². The van der Waals surface area contributed by atoms with Gasteiger partial charge in [0.25, 0.3) is 0 Å². The van der Waals surface area contributed by atoms with Crippen molar-refractivity contribution in [3.05, 3.63) is 70.0 Å². The lowest BCUT2D eigenvalue weighted by Gasteiger charge is -2.11. The molecule has 3 aromatic rings. The molecule has 2 aromatic carbocycles. The van der Waals surface area contributed by atoms with Crippen LogP contribution in [0.5, 0.6) is 11.5 Å². The van der Waals surface area contributed by atoms with E-state index in [2.05, 4.69) is 0 Å². The number of carboxylic acids is 1. The summed E-state index contributed by atoms with van der Waals surface area (Å²) in [4.78, 5) is 23.8. The zero-order valence-corrected chi connectivity index (χ0v) is 13.9. The summed E-state index contributed by atoms with van der Waals surface area (Å²) >= 11 is 0. The van der Waals surface area contributed by atoms with Gasteiger partial charge in [-0.1, -0.05) is 12.1 Å². The minimum Gasteiger partial charge on any atom is -0.497 e. The Hall–Kier alpha value is -3.28. The molecule has 0 spiro atoms. The normalized spacial score (nSPS) is 10.6. The highest BCUT2D eigenvalue weighted by atomic mass is 16.5. The van der Waals surface area contributed by atoms with E-state index >= 15 is 0 Å². The van der Waals surface area contributed by atoms with Crippen molar-refractivity contribution in [2.24, 2.45) is 7.05 Å². The van der Waals surface area contributed by atoms with Gasteiger partial charge in [-0.25, -0.2) is 4.79 Å². The molecule has 0 saturated heterocycles. The van der Waals surface area contributed by atoms with E-state index in [1.165, 1.54) is 12.1 Å². The molecule has 1 heterocycles. The fourth-order valence-electron chi connectivity index (χ4n) is 2.58. The molecule has 0 aliphatic carbocycles. The Bertz CT molecular complexity index is 989. The first kappa shape index (κ1) is 16.6. The van der Waals surface area contributed by atoms with E-state index in [1.807, 2.05) is 24.3 Å². The van der Waals surface area contributed by atoms with Gasteiger partial charge in [0.2, 0.25) is 5.43 Å². The van der Waals surface area contributed by atoms with Crippen LogP contribution in [0.3, 0.4) is 0 Å². The number of hydrogen-bond donors (Lipinski definition) is 1. The third kappa shape index (κ3) is 3.33. The van der Waals surface area contributed by atoms with Crippen LogP contribution in [-0.4, -0.2) is 22.8 Å². The minimum atomic E-state index is -1.08. The summed E-state index contributed by atoms with van der Waals surface area (Å²) < 4.78 is 12.5. The highest BCUT2D eigenvalue weighted by Crippen LogP contribution is 2.18. The molecule has 0 atom stereocenters. The third-order valence-corrected chi connectivity index (χ3v) is 3.96. The van der Waals surface area contributed by atoms with Crippen LogP contribution in [0.15, 0.2) is 53.5 Å². The Morgan fingerprint density at radius 3 is 2.52 bits per heavy atom. The summed E-state index contributed by atoms with van der Waals surface area (Å²) in [6.45, 7) is 0.226. The number of carbonyl (C=O) groups is 1. The predicted octanol–water partition coefficient (Wildman–Crippen LogP) is 2.82. The van der Waals surface area contributed by atoms with Crippen LogP contribution in [0.2, 0.25) is 0 Å². The number of ether oxygens (including phenoxy) is 2. The zero-order chi connectivity index (χ0) is 18.0. The maximum Gasteiger partial charge on any atom is 0.335 e. The molecule has 0 bridgehead atoms. The van der Waals surface area contributed by atoms with Crippen molar-refractivity contribution >= 4 is 16.9 Å². The Morgan fingerprint density at radius 1 is 1.16 bits per heavy atom. The van der Waals surface area contributed by atoms with E-state index < -0.39 is 5.97 Å². The molecule has 128 valence electrons. The molecular weight excluding hydrogens is 322 g/mol. The molecule has 0 amide bonds. The summed E-state index contributed by atoms with van der Waals surface area (Å²) in [5.41, 5.74) is 1.27. The van der Waals surface area contributed by atoms with Crippen molar-refractivity contribution in [3.8, 4) is 11.5 Å². The average molecular weight is 339 g/mol. The van der Waals surface area contributed by atoms with Gasteiger partial charge in [0.05, 0.1) is 29.8 Å². The fourth-order valence-corrected chi connectivity index (χ4v) is 2.58. The number of aromatic nitrogens is 1. The van der Waals surface area contributed by atoms with Gasteiger partial charge < -0.3 is 19.1 Å². The fraction of sp³-hybridized carbons (Fsp3) is 0.158. The molecule has 1 aromatic heterocycles. The summed E-state index contributed by atoms with van der Waals surface area (Å²) in [5, 5.41) is 9.43. The van der Waals surface area contributed by atoms with Crippen LogP contribution in [0, 0.1) is 0 Å². The van der Waals surface area contributed by atoms with Gasteiger partial charge in [-0.15, -0.1) is 0 Å². The Morgan fingerprint density at radius 2 is 1.88 bits per heavy atom. The number of nitrogens with zero attached hydrogens (tertiary/aromatic N) is 1. The van der Waals surface area contributed by atoms with Gasteiger partial charge in [0.15, 0.2) is 5.75 Å². The molecule has 1 N–H and O–H groups in total. The van der Waals surface area contributed by atoms with Gasteiger partial charge in [-0.2, -0.15) is 0 Å². The second kappa shape index (κ2) is 6.68. The lowest BCUT2D eigenvalue weighted by atomic mass is 10.1. The standard InChI is InChI=1S/C19H17NO5/c1-20-10-17(25-11-12-3-6-14(24-2)7-4-12)18(21)15-9-13(19(22)23)5-8-16(15)20/h3-10H,11H2,1-2H3,(H,22,23). The van der Waals surface area contributed by atoms with Crippen LogP contribution in [0.4, 0.5) is 0 Å². The molecular formula is C19H17NO5. The number of fused-ring (bicyclic) bond motifs is 1. The zero-order valence-electron chi connectivity index (χ0n) is 13.9. The van der Waals surface area contributed by atoms with Crippen molar-refractivity contribution < 1.29 is 19.4 Å². The first-order chi connectivity index (χ1) is 12.0. The van der Waals surface area contributed by atoms with Crippen molar-refractivity contribution in [1.82, 2.24) is 4.57 Å². The molecule has 0 aliphatic rings. The summed E-state index contributed by atoms with van der Waals surface area (Å²) in [6.07, 6.45) is 1.61. The topological polar surface area (TPSA) is 77.8 Å². The minimum absolute atomic E-state index is 0.0666. The Balaban J connectivity index is 1.94. The van der Waals surface area contributed by atoms with E-state index in [-0.39, 0.29) is 23.3 Å². The highest BCUT2D eigenvalue weighted by Gasteiger charge is 2.12. The lowest BCUT2D eigenvalue weighted by molar-refractivity contribution is 0.0697. The smallest absolute Gasteiger partial charge is 0.335 e. The summed E-state index contributed by atoms with van der Waals surface area (Å²) in [6, 6.07) is 11.8. The molecule has 0 aliphatic heterocycles. The summed E-state index contributed by atoms with van der Waals surface area (Å²) in [7, 11) is 3.37. The number of aromatic carboxylic acids is 1. The van der Waals surface area contributed by atoms with Gasteiger partial charge in [0.1, 0.15) is 12.4 Å². The van der Waals surface area contributed by atoms with Gasteiger partial charge >= 0.3 is 5.97 Å². The van der Waals surface area contributed by atoms with Gasteiger partial charge in [-0.3, -0.25) is 4.79 Å². The maximum absolute atomic E-state index is 12.6. The van der Waals surface area contributed by atoms with E-state index in [9.17, 15) is 9.59 Å². The van der Waals surface area contributed by atoms with Gasteiger partial charge in [0, 0.05) is 7.05 Å². The first-order valence-electron chi connectivity index (χ1n) is 7.62. The molecule has 6 nitrogen and oxygen atoms in total. The van der Waals surface area contributed by atoms with Crippen LogP contribution in [-0.2, 0) is 13.7 Å². The largest absolute Gasteiger partial charge is 0.497 e. The number of carboxylic acid groups (broad SMARTS) is 1. The summed E-state index contributed by atoms with van der Waals surface area (Å²) in [5.74, 6) is -0.159. The molecule has 0 unspecified atom stereocenters. The Kier molecular flexibility index (Phi) is 4.43. The third-order valence-electron chi connectivity index (χ3n) is 3.96. The predicted molar refractivity (Wildman–Crippen MR) is 93.5 cm³/mol. The van der Waals surface area contributed by atoms with Crippen LogP contribution in [0.1, 0.15) is 15.9 Å². The van der Waals surface area contributed by atoms with Crippen LogP contribution >= 0.6 is 0 Å². The molecule has 25 heavy (non-hydrogen) atoms. The van der Waals surface area contributed by atoms with E-state index in [1.54, 1.807) is 31.0 Å². The molecule has 0 fully saturated rings. The number of aryl methyl sites for hydroxylation is 1. The first-order valence-corrected chi connectivity index (χ1v) is 7.62. The molecule has 0 saturated carbocycles. The van der Waals surface area contributed by atoms with E-state index in [0.29, 0.717) is 10.9 Å². The number of benzene rings is 2. The van der Waals surface area contributed by atoms with Crippen LogP contribution < -0.4 is 14.9 Å². The van der Waals surface area contributed by atoms with Crippen molar-refractivity contribution in [3.63, 3.8) is 0 Å². The Labute approximate surface area is 143 Å². The monoisotopic (exact) mass is 339 g/mol. The SMILES string of the molecule is COc1ccc(COc2cn(C)c3ccc(C(=O)O)cc3c2=O)cc1.